The molecule has 0 fully saturated rings. The molecule has 1 aliphatic heterocycles. The van der Waals surface area contributed by atoms with Crippen LogP contribution in [0.4, 0.5) is 0 Å². The van der Waals surface area contributed by atoms with Crippen LogP contribution in [0.25, 0.3) is 0 Å². The molecule has 1 heterocycles. The summed E-state index contributed by atoms with van der Waals surface area (Å²) >= 11 is 0. The summed E-state index contributed by atoms with van der Waals surface area (Å²) in [4.78, 5) is 34.9. The molecule has 7 nitrogen and oxygen atoms in total. The lowest BCUT2D eigenvalue weighted by molar-refractivity contribution is -0.137. The fraction of sp³-hybridized carbons (Fsp3) is 0.643. The lowest BCUT2D eigenvalue weighted by atomic mass is 10.3. The lowest BCUT2D eigenvalue weighted by Crippen LogP contribution is -2.33. The first-order chi connectivity index (χ1) is 10.0. The molecule has 1 N–H and O–H groups in total. The molecule has 1 aliphatic rings. The minimum Gasteiger partial charge on any atom is -0.379 e. The zero-order valence-corrected chi connectivity index (χ0v) is 12.5. The van der Waals surface area contributed by atoms with E-state index in [-0.39, 0.29) is 36.9 Å². The van der Waals surface area contributed by atoms with Crippen LogP contribution in [-0.2, 0) is 23.9 Å². The zero-order chi connectivity index (χ0) is 15.7. The first kappa shape index (κ1) is 17.3. The highest BCUT2D eigenvalue weighted by Gasteiger charge is 2.22. The summed E-state index contributed by atoms with van der Waals surface area (Å²) in [6.45, 7) is 5.38. The Labute approximate surface area is 124 Å². The number of carbonyl (C=O) groups excluding carboxylic acids is 3. The minimum atomic E-state index is -0.309. The molecular formula is C14H22N2O5. The van der Waals surface area contributed by atoms with E-state index < -0.39 is 0 Å². The highest BCUT2D eigenvalue weighted by atomic mass is 16.5. The second kappa shape index (κ2) is 9.25. The number of imide groups is 1. The molecule has 0 unspecified atom stereocenters. The van der Waals surface area contributed by atoms with Crippen molar-refractivity contribution in [2.45, 2.75) is 26.3 Å². The van der Waals surface area contributed by atoms with E-state index in [1.165, 1.54) is 12.2 Å². The summed E-state index contributed by atoms with van der Waals surface area (Å²) < 4.78 is 10.5. The second-order valence-corrected chi connectivity index (χ2v) is 4.86. The first-order valence-electron chi connectivity index (χ1n) is 6.99. The molecule has 0 spiro atoms. The van der Waals surface area contributed by atoms with Crippen LogP contribution in [0.15, 0.2) is 12.2 Å². The Kier molecular flexibility index (Phi) is 7.63. The average molecular weight is 298 g/mol. The highest BCUT2D eigenvalue weighted by Crippen LogP contribution is 2.02. The molecule has 7 heteroatoms. The van der Waals surface area contributed by atoms with Gasteiger partial charge in [0.1, 0.15) is 0 Å². The first-order valence-corrected chi connectivity index (χ1v) is 6.99. The van der Waals surface area contributed by atoms with Gasteiger partial charge in [-0.05, 0) is 13.8 Å². The van der Waals surface area contributed by atoms with Gasteiger partial charge >= 0.3 is 0 Å². The molecular weight excluding hydrogens is 276 g/mol. The van der Waals surface area contributed by atoms with Crippen LogP contribution in [0.3, 0.4) is 0 Å². The molecule has 0 aliphatic carbocycles. The Morgan fingerprint density at radius 2 is 1.67 bits per heavy atom. The number of nitrogens with one attached hydrogen (secondary N) is 1. The SMILES string of the molecule is CC(C)NC(=O)CCOCCOCCN1C(=O)C=CC1=O. The molecule has 1 rings (SSSR count). The van der Waals surface area contributed by atoms with E-state index >= 15 is 0 Å². The summed E-state index contributed by atoms with van der Waals surface area (Å²) in [7, 11) is 0. The van der Waals surface area contributed by atoms with E-state index in [1.807, 2.05) is 13.8 Å². The predicted molar refractivity (Wildman–Crippen MR) is 75.4 cm³/mol. The number of rotatable bonds is 10. The maximum atomic E-state index is 11.3. The third kappa shape index (κ3) is 7.01. The Hall–Kier alpha value is -1.73. The molecule has 0 saturated carbocycles. The van der Waals surface area contributed by atoms with E-state index in [0.717, 1.165) is 4.90 Å². The van der Waals surface area contributed by atoms with Crippen LogP contribution in [0.5, 0.6) is 0 Å². The van der Waals surface area contributed by atoms with E-state index in [4.69, 9.17) is 9.47 Å². The van der Waals surface area contributed by atoms with Crippen LogP contribution < -0.4 is 5.32 Å². The van der Waals surface area contributed by atoms with Crippen molar-refractivity contribution in [2.24, 2.45) is 0 Å². The fourth-order valence-electron chi connectivity index (χ4n) is 1.69. The van der Waals surface area contributed by atoms with Crippen LogP contribution in [0.1, 0.15) is 20.3 Å². The Morgan fingerprint density at radius 1 is 1.10 bits per heavy atom. The van der Waals surface area contributed by atoms with Gasteiger partial charge in [-0.3, -0.25) is 19.3 Å². The summed E-state index contributed by atoms with van der Waals surface area (Å²) in [6.07, 6.45) is 2.81. The molecule has 0 atom stereocenters. The molecule has 118 valence electrons. The van der Waals surface area contributed by atoms with E-state index in [1.54, 1.807) is 0 Å². The van der Waals surface area contributed by atoms with Gasteiger partial charge in [-0.1, -0.05) is 0 Å². The Balaban J connectivity index is 1.92. The van der Waals surface area contributed by atoms with Gasteiger partial charge < -0.3 is 14.8 Å². The Morgan fingerprint density at radius 3 is 2.24 bits per heavy atom. The maximum absolute atomic E-state index is 11.3. The quantitative estimate of drug-likeness (QED) is 0.448. The second-order valence-electron chi connectivity index (χ2n) is 4.86. The van der Waals surface area contributed by atoms with Crippen molar-refractivity contribution in [2.75, 3.05) is 33.0 Å². The third-order valence-corrected chi connectivity index (χ3v) is 2.65. The zero-order valence-electron chi connectivity index (χ0n) is 12.5. The molecule has 0 bridgehead atoms. The molecule has 0 saturated heterocycles. The number of nitrogens with zero attached hydrogens (tertiary/aromatic N) is 1. The minimum absolute atomic E-state index is 0.0375. The van der Waals surface area contributed by atoms with Crippen LogP contribution in [0, 0.1) is 0 Å². The van der Waals surface area contributed by atoms with E-state index in [2.05, 4.69) is 5.32 Å². The maximum Gasteiger partial charge on any atom is 0.253 e. The van der Waals surface area contributed by atoms with Crippen LogP contribution >= 0.6 is 0 Å². The predicted octanol–water partition coefficient (Wildman–Crippen LogP) is -0.141. The molecule has 21 heavy (non-hydrogen) atoms. The van der Waals surface area contributed by atoms with Crippen molar-refractivity contribution in [1.29, 1.82) is 0 Å². The topological polar surface area (TPSA) is 84.9 Å². The van der Waals surface area contributed by atoms with Crippen molar-refractivity contribution < 1.29 is 23.9 Å². The van der Waals surface area contributed by atoms with Crippen molar-refractivity contribution in [3.05, 3.63) is 12.2 Å². The smallest absolute Gasteiger partial charge is 0.253 e. The molecule has 0 aromatic carbocycles. The summed E-state index contributed by atoms with van der Waals surface area (Å²) in [5.41, 5.74) is 0. The summed E-state index contributed by atoms with van der Waals surface area (Å²) in [5, 5.41) is 2.77. The van der Waals surface area contributed by atoms with Crippen molar-refractivity contribution in [1.82, 2.24) is 10.2 Å². The number of hydrogen-bond donors (Lipinski definition) is 1. The lowest BCUT2D eigenvalue weighted by Gasteiger charge is -2.13. The van der Waals surface area contributed by atoms with Crippen LogP contribution in [0.2, 0.25) is 0 Å². The van der Waals surface area contributed by atoms with Gasteiger partial charge in [0.15, 0.2) is 0 Å². The van der Waals surface area contributed by atoms with Gasteiger partial charge in [-0.2, -0.15) is 0 Å². The summed E-state index contributed by atoms with van der Waals surface area (Å²) in [5.74, 6) is -0.656. The number of hydrogen-bond acceptors (Lipinski definition) is 5. The van der Waals surface area contributed by atoms with Crippen molar-refractivity contribution in [3.63, 3.8) is 0 Å². The third-order valence-electron chi connectivity index (χ3n) is 2.65. The van der Waals surface area contributed by atoms with Crippen molar-refractivity contribution in [3.8, 4) is 0 Å². The normalized spacial score (nSPS) is 14.3. The average Bonchev–Trinajstić information content (AvgIpc) is 2.72. The van der Waals surface area contributed by atoms with Gasteiger partial charge in [0, 0.05) is 24.6 Å². The molecule has 0 aromatic rings. The standard InChI is InChI=1S/C14H22N2O5/c1-11(2)15-12(17)5-7-20-9-10-21-8-6-16-13(18)3-4-14(16)19/h3-4,11H,5-10H2,1-2H3,(H,15,17). The Bertz CT molecular complexity index is 388. The van der Waals surface area contributed by atoms with Gasteiger partial charge in [0.05, 0.1) is 33.0 Å². The number of ether oxygens (including phenoxy) is 2. The van der Waals surface area contributed by atoms with E-state index in [9.17, 15) is 14.4 Å². The molecule has 0 radical (unpaired) electrons. The molecule has 0 aromatic heterocycles. The number of carbonyl (C=O) groups is 3. The largest absolute Gasteiger partial charge is 0.379 e. The van der Waals surface area contributed by atoms with Gasteiger partial charge in [-0.15, -0.1) is 0 Å². The highest BCUT2D eigenvalue weighted by molar-refractivity contribution is 6.12. The fourth-order valence-corrected chi connectivity index (χ4v) is 1.69. The van der Waals surface area contributed by atoms with Crippen LogP contribution in [-0.4, -0.2) is 61.6 Å². The monoisotopic (exact) mass is 298 g/mol. The molecule has 3 amide bonds. The van der Waals surface area contributed by atoms with E-state index in [0.29, 0.717) is 26.2 Å². The van der Waals surface area contributed by atoms with Gasteiger partial charge in [0.25, 0.3) is 11.8 Å². The van der Waals surface area contributed by atoms with Crippen molar-refractivity contribution >= 4 is 17.7 Å². The van der Waals surface area contributed by atoms with Gasteiger partial charge in [0.2, 0.25) is 5.91 Å². The van der Waals surface area contributed by atoms with Gasteiger partial charge in [-0.25, -0.2) is 0 Å². The number of amides is 3. The summed E-state index contributed by atoms with van der Waals surface area (Å²) in [6, 6.07) is 0.131.